The van der Waals surface area contributed by atoms with Gasteiger partial charge in [-0.1, -0.05) is 109 Å². The third-order valence-corrected chi connectivity index (χ3v) is 5.13. The van der Waals surface area contributed by atoms with E-state index in [4.69, 9.17) is 5.11 Å². The minimum Gasteiger partial charge on any atom is -0.396 e. The summed E-state index contributed by atoms with van der Waals surface area (Å²) in [6, 6.07) is 0. The Labute approximate surface area is 152 Å². The molecule has 0 unspecified atom stereocenters. The van der Waals surface area contributed by atoms with Crippen molar-refractivity contribution in [3.05, 3.63) is 0 Å². The predicted octanol–water partition coefficient (Wildman–Crippen LogP) is 7.32. The van der Waals surface area contributed by atoms with Gasteiger partial charge in [0.05, 0.1) is 0 Å². The van der Waals surface area contributed by atoms with Crippen LogP contribution in [0.2, 0.25) is 0 Å². The highest BCUT2D eigenvalue weighted by Gasteiger charge is 1.95. The molecule has 0 rings (SSSR count). The second-order valence-corrected chi connectivity index (χ2v) is 7.61. The third-order valence-electron chi connectivity index (χ3n) is 4.82. The zero-order valence-corrected chi connectivity index (χ0v) is 16.6. The summed E-state index contributed by atoms with van der Waals surface area (Å²) in [5, 5.41) is 8.71. The molecule has 1 nitrogen and oxygen atoms in total. The lowest BCUT2D eigenvalue weighted by Crippen LogP contribution is -1.85. The number of aliphatic hydroxyl groups excluding tert-OH is 1. The summed E-state index contributed by atoms with van der Waals surface area (Å²) in [4.78, 5) is 0. The van der Waals surface area contributed by atoms with Crippen molar-refractivity contribution >= 4 is 12.6 Å². The van der Waals surface area contributed by atoms with Crippen LogP contribution in [0.1, 0.15) is 122 Å². The second kappa shape index (κ2) is 22.3. The van der Waals surface area contributed by atoms with Crippen molar-refractivity contribution in [2.75, 3.05) is 12.4 Å². The maximum atomic E-state index is 8.71. The summed E-state index contributed by atoms with van der Waals surface area (Å²) in [7, 11) is 0. The van der Waals surface area contributed by atoms with Crippen molar-refractivity contribution in [3.8, 4) is 0 Å². The lowest BCUT2D eigenvalue weighted by molar-refractivity contribution is 0.282. The molecular formula is C21H44OS. The molecule has 0 amide bonds. The molecule has 0 fully saturated rings. The number of hydrogen-bond donors (Lipinski definition) is 2. The molecule has 0 aliphatic heterocycles. The van der Waals surface area contributed by atoms with Crippen molar-refractivity contribution in [1.82, 2.24) is 0 Å². The first-order valence-electron chi connectivity index (χ1n) is 10.6. The number of rotatable bonds is 20. The molecule has 0 radical (unpaired) electrons. The van der Waals surface area contributed by atoms with Gasteiger partial charge < -0.3 is 5.11 Å². The molecule has 0 spiro atoms. The van der Waals surface area contributed by atoms with Gasteiger partial charge in [0.2, 0.25) is 0 Å². The van der Waals surface area contributed by atoms with E-state index in [1.165, 1.54) is 116 Å². The van der Waals surface area contributed by atoms with Gasteiger partial charge in [0.25, 0.3) is 0 Å². The van der Waals surface area contributed by atoms with E-state index in [9.17, 15) is 0 Å². The van der Waals surface area contributed by atoms with Crippen LogP contribution in [0, 0.1) is 0 Å². The fourth-order valence-corrected chi connectivity index (χ4v) is 3.45. The van der Waals surface area contributed by atoms with Crippen LogP contribution in [0.15, 0.2) is 0 Å². The van der Waals surface area contributed by atoms with Crippen LogP contribution >= 0.6 is 12.6 Å². The van der Waals surface area contributed by atoms with Crippen LogP contribution in [-0.2, 0) is 0 Å². The largest absolute Gasteiger partial charge is 0.396 e. The SMILES string of the molecule is OCCCCCCCCCCCCCCCCCCCCCS. The quantitative estimate of drug-likeness (QED) is 0.175. The Morgan fingerprint density at radius 3 is 0.783 bits per heavy atom. The second-order valence-electron chi connectivity index (χ2n) is 7.16. The molecule has 1 N–H and O–H groups in total. The van der Waals surface area contributed by atoms with Gasteiger partial charge in [-0.15, -0.1) is 0 Å². The molecule has 0 aromatic carbocycles. The Bertz CT molecular complexity index is 176. The molecule has 0 aromatic rings. The van der Waals surface area contributed by atoms with Crippen molar-refractivity contribution in [2.24, 2.45) is 0 Å². The van der Waals surface area contributed by atoms with Crippen LogP contribution in [0.5, 0.6) is 0 Å². The summed E-state index contributed by atoms with van der Waals surface area (Å²) in [5.41, 5.74) is 0. The molecule has 0 aromatic heterocycles. The fourth-order valence-electron chi connectivity index (χ4n) is 3.23. The molecule has 0 bridgehead atoms. The molecule has 0 aliphatic carbocycles. The molecule has 0 aliphatic rings. The minimum atomic E-state index is 0.371. The number of thiol groups is 1. The van der Waals surface area contributed by atoms with E-state index in [0.29, 0.717) is 6.61 Å². The highest BCUT2D eigenvalue weighted by molar-refractivity contribution is 7.80. The zero-order chi connectivity index (χ0) is 16.8. The average molecular weight is 345 g/mol. The fraction of sp³-hybridized carbons (Fsp3) is 1.00. The van der Waals surface area contributed by atoms with Crippen LogP contribution in [0.4, 0.5) is 0 Å². The van der Waals surface area contributed by atoms with E-state index >= 15 is 0 Å². The maximum absolute atomic E-state index is 8.71. The van der Waals surface area contributed by atoms with Crippen LogP contribution < -0.4 is 0 Å². The number of unbranched alkanes of at least 4 members (excludes halogenated alkanes) is 18. The summed E-state index contributed by atoms with van der Waals surface area (Å²) >= 11 is 4.25. The van der Waals surface area contributed by atoms with E-state index in [2.05, 4.69) is 12.6 Å². The maximum Gasteiger partial charge on any atom is 0.0431 e. The summed E-state index contributed by atoms with van der Waals surface area (Å²) in [5.74, 6) is 1.06. The number of hydrogen-bond acceptors (Lipinski definition) is 2. The van der Waals surface area contributed by atoms with E-state index in [1.54, 1.807) is 0 Å². The first-order valence-corrected chi connectivity index (χ1v) is 11.3. The first kappa shape index (κ1) is 23.3. The number of aliphatic hydroxyl groups is 1. The molecule has 2 heteroatoms. The van der Waals surface area contributed by atoms with Gasteiger partial charge in [0.15, 0.2) is 0 Å². The third kappa shape index (κ3) is 22.3. The normalized spacial score (nSPS) is 11.2. The summed E-state index contributed by atoms with van der Waals surface area (Å²) in [6.07, 6.45) is 26.3. The van der Waals surface area contributed by atoms with Crippen LogP contribution in [-0.4, -0.2) is 17.5 Å². The smallest absolute Gasteiger partial charge is 0.0431 e. The Balaban J connectivity index is 2.92. The van der Waals surface area contributed by atoms with E-state index < -0.39 is 0 Å². The van der Waals surface area contributed by atoms with Gasteiger partial charge in [-0.25, -0.2) is 0 Å². The van der Waals surface area contributed by atoms with E-state index in [1.807, 2.05) is 0 Å². The van der Waals surface area contributed by atoms with Crippen LogP contribution in [0.25, 0.3) is 0 Å². The Morgan fingerprint density at radius 1 is 0.348 bits per heavy atom. The standard InChI is InChI=1S/C21H44OS/c22-20-18-16-14-12-10-8-6-4-2-1-3-5-7-9-11-13-15-17-19-21-23/h22-23H,1-21H2. The molecule has 23 heavy (non-hydrogen) atoms. The molecule has 0 saturated carbocycles. The molecule has 0 atom stereocenters. The zero-order valence-electron chi connectivity index (χ0n) is 15.7. The van der Waals surface area contributed by atoms with Gasteiger partial charge in [0, 0.05) is 6.61 Å². The van der Waals surface area contributed by atoms with Gasteiger partial charge in [-0.3, -0.25) is 0 Å². The van der Waals surface area contributed by atoms with Crippen molar-refractivity contribution < 1.29 is 5.11 Å². The van der Waals surface area contributed by atoms with Crippen molar-refractivity contribution in [1.29, 1.82) is 0 Å². The van der Waals surface area contributed by atoms with Crippen LogP contribution in [0.3, 0.4) is 0 Å². The Kier molecular flexibility index (Phi) is 22.6. The molecule has 0 saturated heterocycles. The van der Waals surface area contributed by atoms with Crippen molar-refractivity contribution in [3.63, 3.8) is 0 Å². The first-order chi connectivity index (χ1) is 11.4. The monoisotopic (exact) mass is 344 g/mol. The topological polar surface area (TPSA) is 20.2 Å². The Morgan fingerprint density at radius 2 is 0.565 bits per heavy atom. The Hall–Kier alpha value is 0.310. The highest BCUT2D eigenvalue weighted by atomic mass is 32.1. The lowest BCUT2D eigenvalue weighted by Gasteiger charge is -2.03. The average Bonchev–Trinajstić information content (AvgIpc) is 2.57. The van der Waals surface area contributed by atoms with Gasteiger partial charge in [0.1, 0.15) is 0 Å². The predicted molar refractivity (Wildman–Crippen MR) is 109 cm³/mol. The van der Waals surface area contributed by atoms with Gasteiger partial charge in [-0.2, -0.15) is 12.6 Å². The minimum absolute atomic E-state index is 0.371. The molecule has 0 heterocycles. The van der Waals surface area contributed by atoms with E-state index in [0.717, 1.165) is 12.2 Å². The van der Waals surface area contributed by atoms with Gasteiger partial charge >= 0.3 is 0 Å². The summed E-state index contributed by atoms with van der Waals surface area (Å²) in [6.45, 7) is 0.371. The summed E-state index contributed by atoms with van der Waals surface area (Å²) < 4.78 is 0. The van der Waals surface area contributed by atoms with Gasteiger partial charge in [-0.05, 0) is 18.6 Å². The van der Waals surface area contributed by atoms with E-state index in [-0.39, 0.29) is 0 Å². The van der Waals surface area contributed by atoms with Crippen molar-refractivity contribution in [2.45, 2.75) is 122 Å². The highest BCUT2D eigenvalue weighted by Crippen LogP contribution is 2.14. The molecular weight excluding hydrogens is 300 g/mol. The lowest BCUT2D eigenvalue weighted by atomic mass is 10.0. The molecule has 140 valence electrons.